The van der Waals surface area contributed by atoms with Gasteiger partial charge in [-0.05, 0) is 43.9 Å². The third-order valence-corrected chi connectivity index (χ3v) is 3.34. The Morgan fingerprint density at radius 2 is 2.07 bits per heavy atom. The normalized spacial score (nSPS) is 17.5. The smallest absolute Gasteiger partial charge is 0.0504 e. The predicted octanol–water partition coefficient (Wildman–Crippen LogP) is 2.49. The molecule has 1 fully saturated rings. The number of aliphatic hydroxyl groups excluding tert-OH is 1. The molecule has 0 atom stereocenters. The summed E-state index contributed by atoms with van der Waals surface area (Å²) >= 11 is 0. The lowest BCUT2D eigenvalue weighted by Gasteiger charge is -2.15. The van der Waals surface area contributed by atoms with Crippen molar-refractivity contribution < 1.29 is 5.11 Å². The highest BCUT2D eigenvalue weighted by molar-refractivity contribution is 5.52. The second-order valence-corrected chi connectivity index (χ2v) is 4.83. The molecule has 82 valence electrons. The molecule has 1 aliphatic carbocycles. The molecule has 1 saturated carbocycles. The summed E-state index contributed by atoms with van der Waals surface area (Å²) in [6.07, 6.45) is 2.31. The Morgan fingerprint density at radius 3 is 2.67 bits per heavy atom. The second-order valence-electron chi connectivity index (χ2n) is 4.83. The third kappa shape index (κ3) is 2.32. The highest BCUT2D eigenvalue weighted by Crippen LogP contribution is 2.45. The zero-order valence-corrected chi connectivity index (χ0v) is 9.51. The monoisotopic (exact) mass is 205 g/mol. The average molecular weight is 205 g/mol. The van der Waals surface area contributed by atoms with Gasteiger partial charge in [0, 0.05) is 17.6 Å². The van der Waals surface area contributed by atoms with Crippen LogP contribution in [0.25, 0.3) is 0 Å². The Hall–Kier alpha value is -1.02. The van der Waals surface area contributed by atoms with Gasteiger partial charge in [0.15, 0.2) is 0 Å². The molecule has 1 aliphatic rings. The van der Waals surface area contributed by atoms with E-state index in [4.69, 9.17) is 0 Å². The molecule has 0 bridgehead atoms. The highest BCUT2D eigenvalue weighted by Gasteiger charge is 2.41. The first kappa shape index (κ1) is 10.5. The van der Waals surface area contributed by atoms with Gasteiger partial charge in [0.25, 0.3) is 0 Å². The summed E-state index contributed by atoms with van der Waals surface area (Å²) in [6.45, 7) is 5.42. The van der Waals surface area contributed by atoms with E-state index < -0.39 is 0 Å². The first-order chi connectivity index (χ1) is 7.15. The molecule has 0 heterocycles. The minimum absolute atomic E-state index is 0.177. The third-order valence-electron chi connectivity index (χ3n) is 3.34. The molecule has 2 heteroatoms. The van der Waals surface area contributed by atoms with Crippen molar-refractivity contribution in [3.05, 3.63) is 29.3 Å². The maximum Gasteiger partial charge on any atom is 0.0504 e. The van der Waals surface area contributed by atoms with E-state index in [9.17, 15) is 5.11 Å². The number of nitrogens with one attached hydrogen (secondary N) is 1. The molecule has 1 aromatic carbocycles. The minimum Gasteiger partial charge on any atom is -0.396 e. The van der Waals surface area contributed by atoms with Crippen molar-refractivity contribution in [1.82, 2.24) is 0 Å². The number of aliphatic hydroxyl groups is 1. The van der Waals surface area contributed by atoms with Gasteiger partial charge < -0.3 is 10.4 Å². The van der Waals surface area contributed by atoms with Crippen LogP contribution in [0, 0.1) is 19.3 Å². The molecule has 0 saturated heterocycles. The minimum atomic E-state index is 0.177. The number of benzene rings is 1. The van der Waals surface area contributed by atoms with Crippen LogP contribution in [0.15, 0.2) is 18.2 Å². The maximum absolute atomic E-state index is 9.22. The number of rotatable bonds is 4. The Morgan fingerprint density at radius 1 is 1.33 bits per heavy atom. The van der Waals surface area contributed by atoms with Gasteiger partial charge in [-0.25, -0.2) is 0 Å². The lowest BCUT2D eigenvalue weighted by molar-refractivity contribution is 0.220. The molecule has 0 aliphatic heterocycles. The van der Waals surface area contributed by atoms with E-state index in [1.165, 1.54) is 16.8 Å². The van der Waals surface area contributed by atoms with Crippen LogP contribution in [-0.2, 0) is 0 Å². The van der Waals surface area contributed by atoms with Crippen molar-refractivity contribution in [3.8, 4) is 0 Å². The van der Waals surface area contributed by atoms with Crippen molar-refractivity contribution in [2.45, 2.75) is 26.7 Å². The quantitative estimate of drug-likeness (QED) is 0.791. The molecule has 0 radical (unpaired) electrons. The van der Waals surface area contributed by atoms with Gasteiger partial charge in [0.2, 0.25) is 0 Å². The van der Waals surface area contributed by atoms with E-state index >= 15 is 0 Å². The van der Waals surface area contributed by atoms with Crippen LogP contribution in [0.4, 0.5) is 5.69 Å². The topological polar surface area (TPSA) is 32.3 Å². The average Bonchev–Trinajstić information content (AvgIpc) is 3.00. The first-order valence-electron chi connectivity index (χ1n) is 5.57. The van der Waals surface area contributed by atoms with Crippen molar-refractivity contribution in [2.24, 2.45) is 5.41 Å². The van der Waals surface area contributed by atoms with Crippen molar-refractivity contribution in [3.63, 3.8) is 0 Å². The second kappa shape index (κ2) is 3.86. The van der Waals surface area contributed by atoms with Gasteiger partial charge in [0.05, 0.1) is 6.61 Å². The molecular formula is C13H19NO. The molecule has 0 unspecified atom stereocenters. The zero-order chi connectivity index (χ0) is 10.9. The Labute approximate surface area is 91.3 Å². The summed E-state index contributed by atoms with van der Waals surface area (Å²) in [4.78, 5) is 0. The SMILES string of the molecule is Cc1ccc(C)c(NCC2(CO)CC2)c1. The van der Waals surface area contributed by atoms with E-state index in [0.29, 0.717) is 6.61 Å². The van der Waals surface area contributed by atoms with Crippen LogP contribution in [-0.4, -0.2) is 18.3 Å². The molecule has 1 aromatic rings. The fourth-order valence-electron chi connectivity index (χ4n) is 1.78. The molecule has 0 aromatic heterocycles. The largest absolute Gasteiger partial charge is 0.396 e. The molecular weight excluding hydrogens is 186 g/mol. The molecule has 2 N–H and O–H groups in total. The fraction of sp³-hybridized carbons (Fsp3) is 0.538. The summed E-state index contributed by atoms with van der Waals surface area (Å²) in [5, 5.41) is 12.7. The maximum atomic E-state index is 9.22. The standard InChI is InChI=1S/C13H19NO/c1-10-3-4-11(2)12(7-10)14-8-13(9-15)5-6-13/h3-4,7,14-15H,5-6,8-9H2,1-2H3. The van der Waals surface area contributed by atoms with E-state index in [1.54, 1.807) is 0 Å². The van der Waals surface area contributed by atoms with E-state index in [0.717, 1.165) is 19.4 Å². The van der Waals surface area contributed by atoms with Crippen LogP contribution in [0.5, 0.6) is 0 Å². The van der Waals surface area contributed by atoms with Crippen molar-refractivity contribution >= 4 is 5.69 Å². The summed E-state index contributed by atoms with van der Waals surface area (Å²) in [6, 6.07) is 6.43. The number of aryl methyl sites for hydroxylation is 2. The van der Waals surface area contributed by atoms with Gasteiger partial charge >= 0.3 is 0 Å². The summed E-state index contributed by atoms with van der Waals surface area (Å²) < 4.78 is 0. The first-order valence-corrected chi connectivity index (χ1v) is 5.57. The summed E-state index contributed by atoms with van der Waals surface area (Å²) in [5.41, 5.74) is 3.93. The van der Waals surface area contributed by atoms with Crippen LogP contribution >= 0.6 is 0 Å². The molecule has 15 heavy (non-hydrogen) atoms. The van der Waals surface area contributed by atoms with Crippen molar-refractivity contribution in [1.29, 1.82) is 0 Å². The van der Waals surface area contributed by atoms with Gasteiger partial charge in [-0.1, -0.05) is 12.1 Å². The van der Waals surface area contributed by atoms with Crippen LogP contribution in [0.1, 0.15) is 24.0 Å². The zero-order valence-electron chi connectivity index (χ0n) is 9.51. The Bertz CT molecular complexity index is 356. The van der Waals surface area contributed by atoms with Crippen LogP contribution in [0.2, 0.25) is 0 Å². The highest BCUT2D eigenvalue weighted by atomic mass is 16.3. The van der Waals surface area contributed by atoms with Crippen LogP contribution in [0.3, 0.4) is 0 Å². The summed E-state index contributed by atoms with van der Waals surface area (Å²) in [7, 11) is 0. The number of anilines is 1. The van der Waals surface area contributed by atoms with E-state index in [1.807, 2.05) is 0 Å². The Balaban J connectivity index is 2.01. The molecule has 2 nitrogen and oxygen atoms in total. The Kier molecular flexibility index (Phi) is 2.70. The molecule has 0 spiro atoms. The number of hydrogen-bond donors (Lipinski definition) is 2. The van der Waals surface area contributed by atoms with E-state index in [-0.39, 0.29) is 5.41 Å². The summed E-state index contributed by atoms with van der Waals surface area (Å²) in [5.74, 6) is 0. The lowest BCUT2D eigenvalue weighted by Crippen LogP contribution is -2.19. The molecule has 0 amide bonds. The fourth-order valence-corrected chi connectivity index (χ4v) is 1.78. The van der Waals surface area contributed by atoms with E-state index in [2.05, 4.69) is 37.4 Å². The molecule has 2 rings (SSSR count). The van der Waals surface area contributed by atoms with Gasteiger partial charge in [-0.3, -0.25) is 0 Å². The van der Waals surface area contributed by atoms with Crippen molar-refractivity contribution in [2.75, 3.05) is 18.5 Å². The predicted molar refractivity (Wildman–Crippen MR) is 63.2 cm³/mol. The van der Waals surface area contributed by atoms with Gasteiger partial charge in [-0.15, -0.1) is 0 Å². The van der Waals surface area contributed by atoms with Gasteiger partial charge in [0.1, 0.15) is 0 Å². The van der Waals surface area contributed by atoms with Gasteiger partial charge in [-0.2, -0.15) is 0 Å². The number of hydrogen-bond acceptors (Lipinski definition) is 2. The van der Waals surface area contributed by atoms with Crippen LogP contribution < -0.4 is 5.32 Å². The lowest BCUT2D eigenvalue weighted by atomic mass is 10.1.